The van der Waals surface area contributed by atoms with Gasteiger partial charge in [0, 0.05) is 18.4 Å². The van der Waals surface area contributed by atoms with Gasteiger partial charge in [0.1, 0.15) is 5.82 Å². The summed E-state index contributed by atoms with van der Waals surface area (Å²) in [5, 5.41) is 2.97. The highest BCUT2D eigenvalue weighted by atomic mass is 19.1. The van der Waals surface area contributed by atoms with Crippen molar-refractivity contribution in [1.82, 2.24) is 9.97 Å². The van der Waals surface area contributed by atoms with Crippen LogP contribution < -0.4 is 11.1 Å². The lowest BCUT2D eigenvalue weighted by Crippen LogP contribution is -2.04. The second-order valence-electron chi connectivity index (χ2n) is 3.66. The number of hydrogen-bond donors (Lipinski definition) is 2. The first-order valence-corrected chi connectivity index (χ1v) is 5.24. The lowest BCUT2D eigenvalue weighted by atomic mass is 10.2. The molecule has 0 unspecified atom stereocenters. The molecule has 0 amide bonds. The Bertz CT molecular complexity index is 528. The van der Waals surface area contributed by atoms with Gasteiger partial charge in [-0.2, -0.15) is 0 Å². The smallest absolute Gasteiger partial charge is 0.227 e. The summed E-state index contributed by atoms with van der Waals surface area (Å²) in [5.74, 6) is 0.120. The van der Waals surface area contributed by atoms with Gasteiger partial charge in [0.2, 0.25) is 5.95 Å². The van der Waals surface area contributed by atoms with Crippen molar-refractivity contribution < 1.29 is 4.39 Å². The van der Waals surface area contributed by atoms with Gasteiger partial charge in [-0.1, -0.05) is 6.07 Å². The fourth-order valence-electron chi connectivity index (χ4n) is 1.42. The van der Waals surface area contributed by atoms with Crippen LogP contribution in [0.25, 0.3) is 0 Å². The first-order chi connectivity index (χ1) is 8.19. The molecule has 0 atom stereocenters. The summed E-state index contributed by atoms with van der Waals surface area (Å²) in [6.45, 7) is 2.23. The SMILES string of the molecule is Cc1ccc(F)cc1Nc1nccc(CN)n1. The zero-order valence-corrected chi connectivity index (χ0v) is 9.44. The molecule has 0 bridgehead atoms. The Morgan fingerprint density at radius 3 is 2.94 bits per heavy atom. The number of nitrogens with two attached hydrogens (primary N) is 1. The highest BCUT2D eigenvalue weighted by molar-refractivity contribution is 5.58. The van der Waals surface area contributed by atoms with Crippen molar-refractivity contribution in [3.63, 3.8) is 0 Å². The molecule has 0 saturated heterocycles. The molecule has 0 aliphatic rings. The van der Waals surface area contributed by atoms with E-state index >= 15 is 0 Å². The van der Waals surface area contributed by atoms with Crippen LogP contribution in [0, 0.1) is 12.7 Å². The molecule has 4 nitrogen and oxygen atoms in total. The van der Waals surface area contributed by atoms with E-state index in [9.17, 15) is 4.39 Å². The Balaban J connectivity index is 2.27. The third-order valence-electron chi connectivity index (χ3n) is 2.37. The minimum Gasteiger partial charge on any atom is -0.325 e. The van der Waals surface area contributed by atoms with Gasteiger partial charge < -0.3 is 11.1 Å². The molecule has 0 saturated carbocycles. The Hall–Kier alpha value is -2.01. The van der Waals surface area contributed by atoms with Gasteiger partial charge in [0.05, 0.1) is 5.69 Å². The molecule has 1 heterocycles. The van der Waals surface area contributed by atoms with E-state index in [2.05, 4.69) is 15.3 Å². The Morgan fingerprint density at radius 2 is 2.18 bits per heavy atom. The molecule has 17 heavy (non-hydrogen) atoms. The number of anilines is 2. The predicted molar refractivity (Wildman–Crippen MR) is 64.3 cm³/mol. The molecule has 2 aromatic rings. The summed E-state index contributed by atoms with van der Waals surface area (Å²) in [6, 6.07) is 6.26. The topological polar surface area (TPSA) is 63.8 Å². The van der Waals surface area contributed by atoms with E-state index in [-0.39, 0.29) is 5.82 Å². The van der Waals surface area contributed by atoms with E-state index in [0.29, 0.717) is 18.2 Å². The number of aryl methyl sites for hydroxylation is 1. The standard InChI is InChI=1S/C12H13FN4/c1-8-2-3-9(13)6-11(8)17-12-15-5-4-10(7-14)16-12/h2-6H,7,14H2,1H3,(H,15,16,17). The number of halogens is 1. The third kappa shape index (κ3) is 2.76. The van der Waals surface area contributed by atoms with Crippen LogP contribution >= 0.6 is 0 Å². The fraction of sp³-hybridized carbons (Fsp3) is 0.167. The largest absolute Gasteiger partial charge is 0.325 e. The Labute approximate surface area is 98.7 Å². The second kappa shape index (κ2) is 4.88. The highest BCUT2D eigenvalue weighted by Gasteiger charge is 2.03. The number of aromatic nitrogens is 2. The monoisotopic (exact) mass is 232 g/mol. The number of rotatable bonds is 3. The molecular formula is C12H13FN4. The van der Waals surface area contributed by atoms with Crippen LogP contribution in [0.3, 0.4) is 0 Å². The molecule has 1 aromatic carbocycles. The summed E-state index contributed by atoms with van der Waals surface area (Å²) < 4.78 is 13.1. The lowest BCUT2D eigenvalue weighted by Gasteiger charge is -2.08. The predicted octanol–water partition coefficient (Wildman–Crippen LogP) is 2.13. The summed E-state index contributed by atoms with van der Waals surface area (Å²) in [7, 11) is 0. The number of benzene rings is 1. The maximum absolute atomic E-state index is 13.1. The minimum atomic E-state index is -0.298. The van der Waals surface area contributed by atoms with Crippen molar-refractivity contribution in [3.05, 3.63) is 47.5 Å². The van der Waals surface area contributed by atoms with Crippen molar-refractivity contribution in [2.45, 2.75) is 13.5 Å². The zero-order chi connectivity index (χ0) is 12.3. The highest BCUT2D eigenvalue weighted by Crippen LogP contribution is 2.19. The molecule has 0 radical (unpaired) electrons. The van der Waals surface area contributed by atoms with Crippen LogP contribution in [-0.4, -0.2) is 9.97 Å². The van der Waals surface area contributed by atoms with Crippen molar-refractivity contribution in [2.24, 2.45) is 5.73 Å². The summed E-state index contributed by atoms with van der Waals surface area (Å²) >= 11 is 0. The molecule has 88 valence electrons. The number of nitrogens with zero attached hydrogens (tertiary/aromatic N) is 2. The lowest BCUT2D eigenvalue weighted by molar-refractivity contribution is 0.628. The van der Waals surface area contributed by atoms with Crippen LogP contribution in [0.2, 0.25) is 0 Å². The van der Waals surface area contributed by atoms with Crippen LogP contribution in [0.1, 0.15) is 11.3 Å². The molecule has 0 aliphatic carbocycles. The molecule has 5 heteroatoms. The van der Waals surface area contributed by atoms with Crippen LogP contribution in [0.15, 0.2) is 30.5 Å². The van der Waals surface area contributed by atoms with E-state index in [1.807, 2.05) is 6.92 Å². The minimum absolute atomic E-state index is 0.298. The first-order valence-electron chi connectivity index (χ1n) is 5.24. The van der Waals surface area contributed by atoms with Crippen molar-refractivity contribution >= 4 is 11.6 Å². The maximum Gasteiger partial charge on any atom is 0.227 e. The summed E-state index contributed by atoms with van der Waals surface area (Å²) in [4.78, 5) is 8.24. The van der Waals surface area contributed by atoms with Gasteiger partial charge in [-0.15, -0.1) is 0 Å². The van der Waals surface area contributed by atoms with Crippen molar-refractivity contribution in [3.8, 4) is 0 Å². The van der Waals surface area contributed by atoms with Gasteiger partial charge in [-0.25, -0.2) is 14.4 Å². The van der Waals surface area contributed by atoms with E-state index in [0.717, 1.165) is 11.3 Å². The zero-order valence-electron chi connectivity index (χ0n) is 9.44. The summed E-state index contributed by atoms with van der Waals surface area (Å²) in [5.41, 5.74) is 7.80. The van der Waals surface area contributed by atoms with E-state index < -0.39 is 0 Å². The van der Waals surface area contributed by atoms with E-state index in [4.69, 9.17) is 5.73 Å². The average Bonchev–Trinajstić information content (AvgIpc) is 2.34. The quantitative estimate of drug-likeness (QED) is 0.850. The summed E-state index contributed by atoms with van der Waals surface area (Å²) in [6.07, 6.45) is 1.62. The maximum atomic E-state index is 13.1. The van der Waals surface area contributed by atoms with Crippen molar-refractivity contribution in [2.75, 3.05) is 5.32 Å². The molecule has 3 N–H and O–H groups in total. The number of nitrogens with one attached hydrogen (secondary N) is 1. The van der Waals surface area contributed by atoms with Crippen LogP contribution in [0.5, 0.6) is 0 Å². The second-order valence-corrected chi connectivity index (χ2v) is 3.66. The first kappa shape index (κ1) is 11.5. The molecule has 0 spiro atoms. The molecule has 1 aromatic heterocycles. The fourth-order valence-corrected chi connectivity index (χ4v) is 1.42. The van der Waals surface area contributed by atoms with Gasteiger partial charge >= 0.3 is 0 Å². The molecule has 2 rings (SSSR count). The van der Waals surface area contributed by atoms with Gasteiger partial charge in [-0.05, 0) is 30.7 Å². The third-order valence-corrected chi connectivity index (χ3v) is 2.37. The number of hydrogen-bond acceptors (Lipinski definition) is 4. The Kier molecular flexibility index (Phi) is 3.30. The molecular weight excluding hydrogens is 219 g/mol. The van der Waals surface area contributed by atoms with Gasteiger partial charge in [0.15, 0.2) is 0 Å². The van der Waals surface area contributed by atoms with E-state index in [1.54, 1.807) is 18.3 Å². The average molecular weight is 232 g/mol. The van der Waals surface area contributed by atoms with E-state index in [1.165, 1.54) is 12.1 Å². The van der Waals surface area contributed by atoms with Gasteiger partial charge in [0.25, 0.3) is 0 Å². The Morgan fingerprint density at radius 1 is 1.35 bits per heavy atom. The van der Waals surface area contributed by atoms with Crippen LogP contribution in [-0.2, 0) is 6.54 Å². The van der Waals surface area contributed by atoms with Gasteiger partial charge in [-0.3, -0.25) is 0 Å². The normalized spacial score (nSPS) is 10.3. The molecule has 0 aliphatic heterocycles. The van der Waals surface area contributed by atoms with Crippen molar-refractivity contribution in [1.29, 1.82) is 0 Å². The van der Waals surface area contributed by atoms with Crippen LogP contribution in [0.4, 0.5) is 16.0 Å². The molecule has 0 fully saturated rings.